The van der Waals surface area contributed by atoms with E-state index in [9.17, 15) is 9.59 Å². The second-order valence-corrected chi connectivity index (χ2v) is 7.71. The molecule has 25 heavy (non-hydrogen) atoms. The molecule has 0 aliphatic heterocycles. The van der Waals surface area contributed by atoms with E-state index >= 15 is 0 Å². The molecule has 0 heterocycles. The maximum atomic E-state index is 12.4. The normalized spacial score (nSPS) is 25.6. The Morgan fingerprint density at radius 3 is 2.28 bits per heavy atom. The van der Waals surface area contributed by atoms with Crippen molar-refractivity contribution in [2.24, 2.45) is 17.8 Å². The van der Waals surface area contributed by atoms with Gasteiger partial charge in [0.2, 0.25) is 0 Å². The molecule has 4 unspecified atom stereocenters. The summed E-state index contributed by atoms with van der Waals surface area (Å²) in [7, 11) is 0. The third-order valence-corrected chi connectivity index (χ3v) is 6.24. The molecule has 0 radical (unpaired) electrons. The number of amides is 2. The van der Waals surface area contributed by atoms with E-state index in [2.05, 4.69) is 24.5 Å². The summed E-state index contributed by atoms with van der Waals surface area (Å²) in [6.07, 6.45) is 6.79. The Bertz CT molecular complexity index is 633. The van der Waals surface area contributed by atoms with E-state index in [0.29, 0.717) is 5.92 Å². The fourth-order valence-corrected chi connectivity index (χ4v) is 4.86. The van der Waals surface area contributed by atoms with Crippen molar-refractivity contribution in [1.82, 2.24) is 5.32 Å². The molecule has 2 saturated carbocycles. The van der Waals surface area contributed by atoms with Crippen LogP contribution in [0.5, 0.6) is 0 Å². The molecule has 2 N–H and O–H groups in total. The van der Waals surface area contributed by atoms with Gasteiger partial charge in [0.1, 0.15) is 0 Å². The molecule has 136 valence electrons. The summed E-state index contributed by atoms with van der Waals surface area (Å²) in [5.41, 5.74) is 2.95. The van der Waals surface area contributed by atoms with E-state index in [0.717, 1.165) is 41.5 Å². The predicted octanol–water partition coefficient (Wildman–Crippen LogP) is 3.69. The minimum Gasteiger partial charge on any atom is -0.345 e. The maximum absolute atomic E-state index is 12.4. The zero-order valence-corrected chi connectivity index (χ0v) is 15.6. The lowest BCUT2D eigenvalue weighted by Gasteiger charge is -2.28. The molecule has 0 aromatic heterocycles. The van der Waals surface area contributed by atoms with E-state index in [1.54, 1.807) is 0 Å². The zero-order valence-electron chi connectivity index (χ0n) is 15.6. The van der Waals surface area contributed by atoms with Crippen LogP contribution in [0.25, 0.3) is 0 Å². The molecule has 1 aromatic carbocycles. The first-order chi connectivity index (χ1) is 12.0. The number of hydrogen-bond donors (Lipinski definition) is 2. The van der Waals surface area contributed by atoms with Crippen LogP contribution >= 0.6 is 0 Å². The number of anilines is 1. The van der Waals surface area contributed by atoms with Crippen LogP contribution in [-0.4, -0.2) is 17.9 Å². The molecule has 2 fully saturated rings. The Hall–Kier alpha value is -1.84. The average molecular weight is 342 g/mol. The molecule has 1 aromatic rings. The lowest BCUT2D eigenvalue weighted by Crippen LogP contribution is -2.45. The number of benzene rings is 1. The first kappa shape index (κ1) is 18.0. The Balaban J connectivity index is 1.62. The van der Waals surface area contributed by atoms with Crippen LogP contribution in [0.3, 0.4) is 0 Å². The molecular weight excluding hydrogens is 312 g/mol. The molecule has 4 nitrogen and oxygen atoms in total. The third-order valence-electron chi connectivity index (χ3n) is 6.24. The van der Waals surface area contributed by atoms with Crippen molar-refractivity contribution in [2.75, 3.05) is 5.32 Å². The summed E-state index contributed by atoms with van der Waals surface area (Å²) in [5.74, 6) is 1.04. The van der Waals surface area contributed by atoms with Crippen molar-refractivity contribution in [3.8, 4) is 0 Å². The molecule has 0 saturated heterocycles. The number of fused-ring (bicyclic) bond motifs is 2. The van der Waals surface area contributed by atoms with Crippen LogP contribution in [0.15, 0.2) is 18.2 Å². The van der Waals surface area contributed by atoms with Crippen LogP contribution in [0.4, 0.5) is 5.69 Å². The van der Waals surface area contributed by atoms with Gasteiger partial charge in [-0.05, 0) is 67.9 Å². The number of aryl methyl sites for hydroxylation is 2. The van der Waals surface area contributed by atoms with Gasteiger partial charge in [-0.25, -0.2) is 0 Å². The van der Waals surface area contributed by atoms with Crippen molar-refractivity contribution in [1.29, 1.82) is 0 Å². The minimum absolute atomic E-state index is 0.0700. The molecule has 2 bridgehead atoms. The highest BCUT2D eigenvalue weighted by Gasteiger charge is 2.42. The molecule has 2 aliphatic rings. The largest absolute Gasteiger partial charge is 0.345 e. The van der Waals surface area contributed by atoms with E-state index in [1.165, 1.54) is 25.7 Å². The fraction of sp³-hybridized carbons (Fsp3) is 0.619. The monoisotopic (exact) mass is 342 g/mol. The Kier molecular flexibility index (Phi) is 5.45. The van der Waals surface area contributed by atoms with Gasteiger partial charge < -0.3 is 10.6 Å². The highest BCUT2D eigenvalue weighted by Crippen LogP contribution is 2.49. The number of carbonyl (C=O) groups excluding carboxylic acids is 2. The van der Waals surface area contributed by atoms with Gasteiger partial charge in [0.15, 0.2) is 0 Å². The van der Waals surface area contributed by atoms with E-state index in [-0.39, 0.29) is 6.04 Å². The SMILES string of the molecule is CCc1cccc(CC)c1NC(=O)C(=O)NC(C)C1CC2CCC1C2. The number of rotatable bonds is 5. The third kappa shape index (κ3) is 3.73. The smallest absolute Gasteiger partial charge is 0.313 e. The van der Waals surface area contributed by atoms with Crippen molar-refractivity contribution >= 4 is 17.5 Å². The van der Waals surface area contributed by atoms with Crippen LogP contribution < -0.4 is 10.6 Å². The highest BCUT2D eigenvalue weighted by molar-refractivity contribution is 6.39. The van der Waals surface area contributed by atoms with E-state index in [4.69, 9.17) is 0 Å². The van der Waals surface area contributed by atoms with Crippen molar-refractivity contribution < 1.29 is 9.59 Å². The lowest BCUT2D eigenvalue weighted by molar-refractivity contribution is -0.136. The van der Waals surface area contributed by atoms with Gasteiger partial charge in [-0.15, -0.1) is 0 Å². The van der Waals surface area contributed by atoms with Crippen molar-refractivity contribution in [2.45, 2.75) is 65.3 Å². The second kappa shape index (κ2) is 7.59. The summed E-state index contributed by atoms with van der Waals surface area (Å²) in [4.78, 5) is 24.8. The topological polar surface area (TPSA) is 58.2 Å². The van der Waals surface area contributed by atoms with Crippen molar-refractivity contribution in [3.63, 3.8) is 0 Å². The Morgan fingerprint density at radius 1 is 1.08 bits per heavy atom. The van der Waals surface area contributed by atoms with Crippen LogP contribution in [0.1, 0.15) is 57.6 Å². The van der Waals surface area contributed by atoms with E-state index < -0.39 is 11.8 Å². The first-order valence-corrected chi connectivity index (χ1v) is 9.76. The predicted molar refractivity (Wildman–Crippen MR) is 100 cm³/mol. The summed E-state index contributed by atoms with van der Waals surface area (Å²) in [5, 5.41) is 5.81. The van der Waals surface area contributed by atoms with Gasteiger partial charge in [0.05, 0.1) is 0 Å². The van der Waals surface area contributed by atoms with Crippen LogP contribution in [0.2, 0.25) is 0 Å². The van der Waals surface area contributed by atoms with Crippen LogP contribution in [0, 0.1) is 17.8 Å². The lowest BCUT2D eigenvalue weighted by atomic mass is 9.84. The van der Waals surface area contributed by atoms with Crippen LogP contribution in [-0.2, 0) is 22.4 Å². The quantitative estimate of drug-likeness (QED) is 0.802. The second-order valence-electron chi connectivity index (χ2n) is 7.71. The summed E-state index contributed by atoms with van der Waals surface area (Å²) >= 11 is 0. The molecule has 3 rings (SSSR count). The zero-order chi connectivity index (χ0) is 18.0. The molecule has 4 atom stereocenters. The number of hydrogen-bond acceptors (Lipinski definition) is 2. The molecule has 4 heteroatoms. The molecule has 2 aliphatic carbocycles. The van der Waals surface area contributed by atoms with Gasteiger partial charge in [-0.2, -0.15) is 0 Å². The molecular formula is C21H30N2O2. The van der Waals surface area contributed by atoms with Gasteiger partial charge >= 0.3 is 11.8 Å². The summed E-state index contributed by atoms with van der Waals surface area (Å²) in [6.45, 7) is 6.16. The van der Waals surface area contributed by atoms with Crippen molar-refractivity contribution in [3.05, 3.63) is 29.3 Å². The summed E-state index contributed by atoms with van der Waals surface area (Å²) in [6, 6.07) is 6.08. The average Bonchev–Trinajstić information content (AvgIpc) is 3.25. The van der Waals surface area contributed by atoms with Gasteiger partial charge in [-0.3, -0.25) is 9.59 Å². The van der Waals surface area contributed by atoms with Gasteiger partial charge in [0.25, 0.3) is 0 Å². The number of nitrogens with one attached hydrogen (secondary N) is 2. The maximum Gasteiger partial charge on any atom is 0.313 e. The molecule has 0 spiro atoms. The summed E-state index contributed by atoms with van der Waals surface area (Å²) < 4.78 is 0. The van der Waals surface area contributed by atoms with Gasteiger partial charge in [-0.1, -0.05) is 38.5 Å². The number of carbonyl (C=O) groups is 2. The first-order valence-electron chi connectivity index (χ1n) is 9.76. The Labute approximate surface area is 150 Å². The molecule has 2 amide bonds. The van der Waals surface area contributed by atoms with E-state index in [1.807, 2.05) is 25.1 Å². The van der Waals surface area contributed by atoms with Gasteiger partial charge in [0, 0.05) is 11.7 Å². The number of para-hydroxylation sites is 1. The standard InChI is InChI=1S/C21H30N2O2/c1-4-15-7-6-8-16(5-2)19(15)23-21(25)20(24)22-13(3)18-12-14-9-10-17(18)11-14/h6-8,13-14,17-18H,4-5,9-12H2,1-3H3,(H,22,24)(H,23,25). The fourth-order valence-electron chi connectivity index (χ4n) is 4.86. The highest BCUT2D eigenvalue weighted by atomic mass is 16.2. The Morgan fingerprint density at radius 2 is 1.76 bits per heavy atom. The minimum atomic E-state index is -0.550.